The van der Waals surface area contributed by atoms with Gasteiger partial charge in [0.15, 0.2) is 5.13 Å². The molecule has 0 unspecified atom stereocenters. The molecule has 1 amide bonds. The summed E-state index contributed by atoms with van der Waals surface area (Å²) in [7, 11) is 0. The fourth-order valence-corrected chi connectivity index (χ4v) is 4.53. The number of aromatic nitrogens is 3. The fraction of sp³-hybridized carbons (Fsp3) is 0.240. The van der Waals surface area contributed by atoms with E-state index in [1.807, 2.05) is 71.4 Å². The zero-order valence-corrected chi connectivity index (χ0v) is 18.2. The maximum absolute atomic E-state index is 12.6. The minimum Gasteiger partial charge on any atom is -0.339 e. The minimum atomic E-state index is -0.119. The molecule has 3 aromatic heterocycles. The predicted molar refractivity (Wildman–Crippen MR) is 125 cm³/mol. The lowest BCUT2D eigenvalue weighted by Gasteiger charge is -2.09. The van der Waals surface area contributed by atoms with Gasteiger partial charge in [-0.15, -0.1) is 11.3 Å². The lowest BCUT2D eigenvalue weighted by Crippen LogP contribution is -2.17. The maximum Gasteiger partial charge on any atom is 0.274 e. The predicted octanol–water partition coefficient (Wildman–Crippen LogP) is 5.98. The van der Waals surface area contributed by atoms with Gasteiger partial charge in [0.1, 0.15) is 5.69 Å². The Morgan fingerprint density at radius 3 is 2.35 bits per heavy atom. The van der Waals surface area contributed by atoms with Crippen LogP contribution in [0.3, 0.4) is 0 Å². The van der Waals surface area contributed by atoms with Gasteiger partial charge in [0.2, 0.25) is 0 Å². The number of anilines is 1. The lowest BCUT2D eigenvalue weighted by molar-refractivity contribution is 0.101. The van der Waals surface area contributed by atoms with E-state index >= 15 is 0 Å². The largest absolute Gasteiger partial charge is 0.339 e. The molecule has 0 aliphatic heterocycles. The first kappa shape index (κ1) is 21.0. The first-order valence-corrected chi connectivity index (χ1v) is 11.5. The van der Waals surface area contributed by atoms with Crippen molar-refractivity contribution in [3.05, 3.63) is 102 Å². The molecule has 5 nitrogen and oxygen atoms in total. The molecule has 0 saturated heterocycles. The van der Waals surface area contributed by atoms with Crippen LogP contribution in [0.2, 0.25) is 0 Å². The number of hydrogen-bond donors (Lipinski definition) is 1. The average Bonchev–Trinajstić information content (AvgIpc) is 3.58. The summed E-state index contributed by atoms with van der Waals surface area (Å²) in [6.07, 6.45) is 10.4. The lowest BCUT2D eigenvalue weighted by atomic mass is 10.1. The summed E-state index contributed by atoms with van der Waals surface area (Å²) in [6.45, 7) is 0.642. The molecule has 1 aromatic carbocycles. The quantitative estimate of drug-likeness (QED) is 0.423. The Hall–Kier alpha value is -3.25. The molecule has 31 heavy (non-hydrogen) atoms. The van der Waals surface area contributed by atoms with E-state index in [-0.39, 0.29) is 5.91 Å². The summed E-state index contributed by atoms with van der Waals surface area (Å²) in [4.78, 5) is 21.3. The summed E-state index contributed by atoms with van der Waals surface area (Å²) in [5.41, 5.74) is 2.87. The van der Waals surface area contributed by atoms with Crippen molar-refractivity contribution in [1.29, 1.82) is 0 Å². The SMILES string of the molecule is O=C(Nc1nc(C2CCCC2)cs1)c1cccn1Cc1ccncc1.c1ccccc1. The Balaban J connectivity index is 0.000000334. The number of carbonyl (C=O) groups is 1. The van der Waals surface area contributed by atoms with Crippen LogP contribution in [-0.2, 0) is 6.54 Å². The molecule has 4 aromatic rings. The first-order chi connectivity index (χ1) is 15.3. The number of nitrogens with one attached hydrogen (secondary N) is 1. The molecule has 1 N–H and O–H groups in total. The molecule has 0 atom stereocenters. The summed E-state index contributed by atoms with van der Waals surface area (Å²) < 4.78 is 1.94. The first-order valence-electron chi connectivity index (χ1n) is 10.6. The second-order valence-corrected chi connectivity index (χ2v) is 8.40. The number of nitrogens with zero attached hydrogens (tertiary/aromatic N) is 3. The van der Waals surface area contributed by atoms with Crippen molar-refractivity contribution in [2.45, 2.75) is 38.1 Å². The molecule has 0 spiro atoms. The molecule has 0 bridgehead atoms. The van der Waals surface area contributed by atoms with Gasteiger partial charge in [-0.05, 0) is 42.7 Å². The molecule has 1 saturated carbocycles. The van der Waals surface area contributed by atoms with Gasteiger partial charge >= 0.3 is 0 Å². The Morgan fingerprint density at radius 2 is 1.68 bits per heavy atom. The van der Waals surface area contributed by atoms with Gasteiger partial charge in [0.05, 0.1) is 5.69 Å². The van der Waals surface area contributed by atoms with E-state index in [4.69, 9.17) is 0 Å². The molecule has 5 rings (SSSR count). The summed E-state index contributed by atoms with van der Waals surface area (Å²) in [6, 6.07) is 19.6. The Labute approximate surface area is 186 Å². The highest BCUT2D eigenvalue weighted by atomic mass is 32.1. The van der Waals surface area contributed by atoms with Crippen LogP contribution in [0.15, 0.2) is 84.6 Å². The van der Waals surface area contributed by atoms with E-state index in [9.17, 15) is 4.79 Å². The minimum absolute atomic E-state index is 0.119. The highest BCUT2D eigenvalue weighted by molar-refractivity contribution is 7.14. The zero-order chi connectivity index (χ0) is 21.3. The van der Waals surface area contributed by atoms with Crippen molar-refractivity contribution < 1.29 is 4.79 Å². The number of benzene rings is 1. The monoisotopic (exact) mass is 430 g/mol. The van der Waals surface area contributed by atoms with Crippen LogP contribution in [0.25, 0.3) is 0 Å². The molecule has 1 aliphatic rings. The number of pyridine rings is 1. The Morgan fingerprint density at radius 1 is 1.00 bits per heavy atom. The average molecular weight is 431 g/mol. The third kappa shape index (κ3) is 5.89. The van der Waals surface area contributed by atoms with Gasteiger partial charge in [0.25, 0.3) is 5.91 Å². The van der Waals surface area contributed by atoms with E-state index < -0.39 is 0 Å². The highest BCUT2D eigenvalue weighted by Crippen LogP contribution is 2.35. The number of amides is 1. The van der Waals surface area contributed by atoms with Crippen LogP contribution >= 0.6 is 11.3 Å². The third-order valence-electron chi connectivity index (χ3n) is 5.35. The normalized spacial score (nSPS) is 13.4. The molecule has 3 heterocycles. The van der Waals surface area contributed by atoms with E-state index in [0.717, 1.165) is 11.3 Å². The molecule has 158 valence electrons. The topological polar surface area (TPSA) is 59.8 Å². The van der Waals surface area contributed by atoms with Gasteiger partial charge in [-0.25, -0.2) is 4.98 Å². The molecule has 0 radical (unpaired) electrons. The number of thiazole rings is 1. The van der Waals surface area contributed by atoms with Crippen molar-refractivity contribution in [2.24, 2.45) is 0 Å². The van der Waals surface area contributed by atoms with Crippen molar-refractivity contribution in [3.63, 3.8) is 0 Å². The van der Waals surface area contributed by atoms with E-state index in [1.54, 1.807) is 12.4 Å². The maximum atomic E-state index is 12.6. The standard InChI is InChI=1S/C19H20N4OS.C6H6/c24-18(22-19-21-16(13-25-19)15-4-1-2-5-15)17-6-3-11-23(17)12-14-7-9-20-10-8-14;1-2-4-6-5-3-1/h3,6-11,13,15H,1-2,4-5,12H2,(H,21,22,24);1-6H. The van der Waals surface area contributed by atoms with Crippen molar-refractivity contribution in [3.8, 4) is 0 Å². The van der Waals surface area contributed by atoms with Crippen LogP contribution in [-0.4, -0.2) is 20.4 Å². The summed E-state index contributed by atoms with van der Waals surface area (Å²) >= 11 is 1.51. The van der Waals surface area contributed by atoms with Crippen LogP contribution in [0, 0.1) is 0 Å². The molecule has 1 fully saturated rings. The number of hydrogen-bond acceptors (Lipinski definition) is 4. The molecular weight excluding hydrogens is 404 g/mol. The van der Waals surface area contributed by atoms with Crippen LogP contribution < -0.4 is 5.32 Å². The smallest absolute Gasteiger partial charge is 0.274 e. The summed E-state index contributed by atoms with van der Waals surface area (Å²) in [5.74, 6) is 0.448. The van der Waals surface area contributed by atoms with E-state index in [1.165, 1.54) is 37.0 Å². The van der Waals surface area contributed by atoms with Crippen molar-refractivity contribution in [1.82, 2.24) is 14.5 Å². The fourth-order valence-electron chi connectivity index (χ4n) is 3.74. The van der Waals surface area contributed by atoms with E-state index in [0.29, 0.717) is 23.3 Å². The van der Waals surface area contributed by atoms with Gasteiger partial charge in [-0.1, -0.05) is 49.2 Å². The Kier molecular flexibility index (Phi) is 7.24. The molecular formula is C25H26N4OS. The van der Waals surface area contributed by atoms with Crippen molar-refractivity contribution >= 4 is 22.4 Å². The van der Waals surface area contributed by atoms with Crippen LogP contribution in [0.1, 0.15) is 53.3 Å². The molecule has 1 aliphatic carbocycles. The number of carbonyl (C=O) groups excluding carboxylic acids is 1. The second kappa shape index (κ2) is 10.7. The van der Waals surface area contributed by atoms with Gasteiger partial charge < -0.3 is 4.57 Å². The molecule has 6 heteroatoms. The van der Waals surface area contributed by atoms with Gasteiger partial charge in [0, 0.05) is 36.4 Å². The second-order valence-electron chi connectivity index (χ2n) is 7.54. The summed E-state index contributed by atoms with van der Waals surface area (Å²) in [5, 5.41) is 5.72. The van der Waals surface area contributed by atoms with Gasteiger partial charge in [-0.2, -0.15) is 0 Å². The van der Waals surface area contributed by atoms with Crippen LogP contribution in [0.4, 0.5) is 5.13 Å². The Bertz CT molecular complexity index is 1040. The van der Waals surface area contributed by atoms with Gasteiger partial charge in [-0.3, -0.25) is 15.1 Å². The number of rotatable bonds is 5. The zero-order valence-electron chi connectivity index (χ0n) is 17.4. The van der Waals surface area contributed by atoms with E-state index in [2.05, 4.69) is 20.7 Å². The third-order valence-corrected chi connectivity index (χ3v) is 6.12. The highest BCUT2D eigenvalue weighted by Gasteiger charge is 2.20. The van der Waals surface area contributed by atoms with Crippen LogP contribution in [0.5, 0.6) is 0 Å². The van der Waals surface area contributed by atoms with Crippen molar-refractivity contribution in [2.75, 3.05) is 5.32 Å².